The number of thiocarbonyl (C=S) groups is 1. The molecular formula is C11H16N2O4S. The van der Waals surface area contributed by atoms with Crippen LogP contribution in [0.5, 0.6) is 0 Å². The summed E-state index contributed by atoms with van der Waals surface area (Å²) >= 11 is 4.68. The molecule has 7 N–H and O–H groups in total. The van der Waals surface area contributed by atoms with Gasteiger partial charge in [0.15, 0.2) is 0 Å². The van der Waals surface area contributed by atoms with Gasteiger partial charge in [-0.1, -0.05) is 42.5 Å². The molecule has 0 fully saturated rings. The molecule has 0 aliphatic carbocycles. The maximum absolute atomic E-state index is 9.61. The monoisotopic (exact) mass is 272 g/mol. The lowest BCUT2D eigenvalue weighted by Gasteiger charge is -2.19. The average molecular weight is 272 g/mol. The number of rotatable bonds is 4. The van der Waals surface area contributed by atoms with Gasteiger partial charge < -0.3 is 26.8 Å². The lowest BCUT2D eigenvalue weighted by Crippen LogP contribution is -2.34. The molecule has 0 aromatic heterocycles. The number of nitrogens with two attached hydrogens (primary N) is 2. The zero-order valence-electron chi connectivity index (χ0n) is 9.56. The Morgan fingerprint density at radius 3 is 2.06 bits per heavy atom. The summed E-state index contributed by atoms with van der Waals surface area (Å²) in [6.45, 7) is -0.178. The number of aliphatic hydroxyl groups excluding tert-OH is 2. The predicted octanol–water partition coefficient (Wildman–Crippen LogP) is 0.0326. The molecular weight excluding hydrogens is 256 g/mol. The van der Waals surface area contributed by atoms with Gasteiger partial charge in [0.2, 0.25) is 0 Å². The van der Waals surface area contributed by atoms with Crippen LogP contribution in [0.25, 0.3) is 0 Å². The highest BCUT2D eigenvalue weighted by molar-refractivity contribution is 7.80. The van der Waals surface area contributed by atoms with Gasteiger partial charge >= 0.3 is 6.09 Å². The fourth-order valence-corrected chi connectivity index (χ4v) is 1.45. The van der Waals surface area contributed by atoms with Crippen molar-refractivity contribution in [1.82, 2.24) is 0 Å². The summed E-state index contributed by atoms with van der Waals surface area (Å²) in [7, 11) is 0. The minimum atomic E-state index is -1.33. The second-order valence-electron chi connectivity index (χ2n) is 3.39. The minimum absolute atomic E-state index is 0.00732. The van der Waals surface area contributed by atoms with Crippen LogP contribution in [-0.4, -0.2) is 39.1 Å². The first-order chi connectivity index (χ1) is 8.40. The number of benzene rings is 1. The van der Waals surface area contributed by atoms with Gasteiger partial charge in [-0.25, -0.2) is 4.79 Å². The van der Waals surface area contributed by atoms with Crippen LogP contribution in [-0.2, 0) is 0 Å². The van der Waals surface area contributed by atoms with Gasteiger partial charge in [0.05, 0.1) is 6.61 Å². The molecule has 0 saturated carbocycles. The van der Waals surface area contributed by atoms with Gasteiger partial charge in [0, 0.05) is 5.92 Å². The first-order valence-electron chi connectivity index (χ1n) is 5.01. The molecule has 1 aromatic rings. The maximum Gasteiger partial charge on any atom is 0.402 e. The van der Waals surface area contributed by atoms with E-state index in [1.165, 1.54) is 0 Å². The van der Waals surface area contributed by atoms with E-state index in [0.717, 1.165) is 5.56 Å². The lowest BCUT2D eigenvalue weighted by molar-refractivity contribution is 0.156. The van der Waals surface area contributed by atoms with Crippen molar-refractivity contribution in [1.29, 1.82) is 0 Å². The first kappa shape index (κ1) is 16.3. The molecule has 0 bridgehead atoms. The summed E-state index contributed by atoms with van der Waals surface area (Å²) in [5.41, 5.74) is 10.2. The van der Waals surface area contributed by atoms with Crippen molar-refractivity contribution in [3.8, 4) is 0 Å². The predicted molar refractivity (Wildman–Crippen MR) is 71.3 cm³/mol. The van der Waals surface area contributed by atoms with E-state index >= 15 is 0 Å². The molecule has 2 atom stereocenters. The number of carbonyl (C=O) groups is 1. The number of aliphatic hydroxyl groups is 2. The van der Waals surface area contributed by atoms with Gasteiger partial charge in [0.1, 0.15) is 11.1 Å². The molecule has 18 heavy (non-hydrogen) atoms. The normalized spacial score (nSPS) is 12.8. The highest BCUT2D eigenvalue weighted by Gasteiger charge is 2.22. The van der Waals surface area contributed by atoms with Crippen LogP contribution < -0.4 is 11.5 Å². The largest absolute Gasteiger partial charge is 0.465 e. The Balaban J connectivity index is 0.000000631. The Hall–Kier alpha value is -1.70. The third-order valence-corrected chi connectivity index (χ3v) is 2.34. The highest BCUT2D eigenvalue weighted by atomic mass is 32.1. The highest BCUT2D eigenvalue weighted by Crippen LogP contribution is 2.19. The smallest absolute Gasteiger partial charge is 0.402 e. The van der Waals surface area contributed by atoms with Gasteiger partial charge in [-0.3, -0.25) is 0 Å². The van der Waals surface area contributed by atoms with Crippen molar-refractivity contribution < 1.29 is 20.1 Å². The van der Waals surface area contributed by atoms with E-state index in [4.69, 9.17) is 20.7 Å². The van der Waals surface area contributed by atoms with Crippen LogP contribution in [0.4, 0.5) is 4.79 Å². The van der Waals surface area contributed by atoms with E-state index in [-0.39, 0.29) is 11.6 Å². The fraction of sp³-hybridized carbons (Fsp3) is 0.273. The Morgan fingerprint density at radius 1 is 1.28 bits per heavy atom. The van der Waals surface area contributed by atoms with Crippen molar-refractivity contribution in [2.75, 3.05) is 6.61 Å². The van der Waals surface area contributed by atoms with Gasteiger partial charge in [-0.15, -0.1) is 0 Å². The van der Waals surface area contributed by atoms with Crippen LogP contribution in [0.1, 0.15) is 11.5 Å². The van der Waals surface area contributed by atoms with E-state index in [9.17, 15) is 5.11 Å². The molecule has 0 aliphatic heterocycles. The summed E-state index contributed by atoms with van der Waals surface area (Å²) in [6.07, 6.45) is -2.31. The zero-order valence-corrected chi connectivity index (χ0v) is 10.4. The number of carboxylic acid groups (broad SMARTS) is 1. The van der Waals surface area contributed by atoms with Gasteiger partial charge in [0.25, 0.3) is 0 Å². The summed E-state index contributed by atoms with van der Waals surface area (Å²) in [4.78, 5) is 8.79. The van der Waals surface area contributed by atoms with Crippen molar-refractivity contribution in [3.63, 3.8) is 0 Å². The quantitative estimate of drug-likeness (QED) is 0.492. The minimum Gasteiger partial charge on any atom is -0.465 e. The maximum atomic E-state index is 9.61. The molecule has 0 radical (unpaired) electrons. The molecule has 1 aromatic carbocycles. The van der Waals surface area contributed by atoms with Crippen molar-refractivity contribution in [3.05, 3.63) is 35.9 Å². The van der Waals surface area contributed by atoms with Crippen LogP contribution in [0.15, 0.2) is 30.3 Å². The summed E-state index contributed by atoms with van der Waals surface area (Å²) in [5, 5.41) is 25.9. The number of primary amides is 1. The Morgan fingerprint density at radius 2 is 1.72 bits per heavy atom. The van der Waals surface area contributed by atoms with Crippen molar-refractivity contribution >= 4 is 23.3 Å². The van der Waals surface area contributed by atoms with Crippen LogP contribution >= 0.6 is 12.2 Å². The molecule has 0 spiro atoms. The molecule has 6 nitrogen and oxygen atoms in total. The van der Waals surface area contributed by atoms with Crippen molar-refractivity contribution in [2.24, 2.45) is 11.5 Å². The van der Waals surface area contributed by atoms with E-state index in [1.54, 1.807) is 0 Å². The lowest BCUT2D eigenvalue weighted by atomic mass is 9.94. The molecule has 1 unspecified atom stereocenters. The summed E-state index contributed by atoms with van der Waals surface area (Å²) in [5.74, 6) is -0.436. The molecule has 0 heterocycles. The standard InChI is InChI=1S/C10H13NO2S.CH3NO2/c11-10(14)9(13)8(6-12)7-4-2-1-3-5-7;2-1(3)4/h1-5,8-9,12-13H,6H2,(H2,11,14);2H2,(H,3,4)/t8-,9?;/m0./s1. The molecule has 100 valence electrons. The third-order valence-electron chi connectivity index (χ3n) is 2.10. The topological polar surface area (TPSA) is 130 Å². The molecule has 1 amide bonds. The zero-order chi connectivity index (χ0) is 14.1. The Kier molecular flexibility index (Phi) is 7.61. The third kappa shape index (κ3) is 6.14. The van der Waals surface area contributed by atoms with Gasteiger partial charge in [-0.2, -0.15) is 0 Å². The second-order valence-corrected chi connectivity index (χ2v) is 3.86. The summed E-state index contributed by atoms with van der Waals surface area (Å²) in [6, 6.07) is 9.18. The Labute approximate surface area is 110 Å². The number of hydrogen-bond acceptors (Lipinski definition) is 4. The van der Waals surface area contributed by atoms with E-state index in [2.05, 4.69) is 18.0 Å². The number of amides is 1. The molecule has 0 aliphatic rings. The van der Waals surface area contributed by atoms with Crippen LogP contribution in [0.2, 0.25) is 0 Å². The molecule has 0 saturated heterocycles. The molecule has 7 heteroatoms. The molecule has 1 rings (SSSR count). The van der Waals surface area contributed by atoms with Crippen molar-refractivity contribution in [2.45, 2.75) is 12.0 Å². The fourth-order valence-electron chi connectivity index (χ4n) is 1.29. The average Bonchev–Trinajstić information content (AvgIpc) is 2.30. The SMILES string of the molecule is NC(=O)O.NC(=S)C(O)[C@@H](CO)c1ccccc1. The van der Waals surface area contributed by atoms with Crippen LogP contribution in [0, 0.1) is 0 Å². The first-order valence-corrected chi connectivity index (χ1v) is 5.42. The van der Waals surface area contributed by atoms with E-state index < -0.39 is 18.1 Å². The summed E-state index contributed by atoms with van der Waals surface area (Å²) < 4.78 is 0. The van der Waals surface area contributed by atoms with Crippen LogP contribution in [0.3, 0.4) is 0 Å². The van der Waals surface area contributed by atoms with E-state index in [0.29, 0.717) is 0 Å². The number of hydrogen-bond donors (Lipinski definition) is 5. The van der Waals surface area contributed by atoms with Gasteiger partial charge in [-0.05, 0) is 5.56 Å². The Bertz CT molecular complexity index is 382. The van der Waals surface area contributed by atoms with E-state index in [1.807, 2.05) is 30.3 Å². The second kappa shape index (κ2) is 8.40.